The molecule has 0 aromatic rings. The summed E-state index contributed by atoms with van der Waals surface area (Å²) in [5.74, 6) is 0.505. The highest BCUT2D eigenvalue weighted by Crippen LogP contribution is 2.57. The minimum atomic E-state index is -0.238. The minimum absolute atomic E-state index is 0.157. The van der Waals surface area contributed by atoms with Gasteiger partial charge in [0.05, 0.1) is 7.11 Å². The number of amides is 1. The van der Waals surface area contributed by atoms with Crippen molar-refractivity contribution < 1.29 is 14.6 Å². The van der Waals surface area contributed by atoms with Gasteiger partial charge < -0.3 is 14.7 Å². The molecule has 1 saturated carbocycles. The lowest BCUT2D eigenvalue weighted by Crippen LogP contribution is -2.40. The molecule has 2 aliphatic rings. The monoisotopic (exact) mass is 185 g/mol. The van der Waals surface area contributed by atoms with Crippen LogP contribution >= 0.6 is 0 Å². The maximum Gasteiger partial charge on any atom is 0.409 e. The summed E-state index contributed by atoms with van der Waals surface area (Å²) in [6.07, 6.45) is 1.75. The van der Waals surface area contributed by atoms with Crippen LogP contribution in [0.5, 0.6) is 0 Å². The Morgan fingerprint density at radius 3 is 3.08 bits per heavy atom. The van der Waals surface area contributed by atoms with Crippen molar-refractivity contribution in [2.75, 3.05) is 26.8 Å². The van der Waals surface area contributed by atoms with Crippen molar-refractivity contribution in [2.24, 2.45) is 11.3 Å². The van der Waals surface area contributed by atoms with Crippen LogP contribution in [0, 0.1) is 11.3 Å². The Labute approximate surface area is 77.5 Å². The Bertz CT molecular complexity index is 231. The molecule has 0 spiro atoms. The lowest BCUT2D eigenvalue weighted by molar-refractivity contribution is 0.0892. The molecule has 2 rings (SSSR count). The first-order valence-electron chi connectivity index (χ1n) is 4.65. The van der Waals surface area contributed by atoms with E-state index in [1.165, 1.54) is 7.11 Å². The van der Waals surface area contributed by atoms with E-state index in [0.29, 0.717) is 5.92 Å². The first-order chi connectivity index (χ1) is 6.22. The zero-order valence-electron chi connectivity index (χ0n) is 7.82. The number of hydrogen-bond donors (Lipinski definition) is 1. The van der Waals surface area contributed by atoms with Crippen molar-refractivity contribution in [3.63, 3.8) is 0 Å². The molecule has 74 valence electrons. The van der Waals surface area contributed by atoms with Crippen molar-refractivity contribution >= 4 is 6.09 Å². The second-order valence-corrected chi connectivity index (χ2v) is 4.09. The van der Waals surface area contributed by atoms with Crippen molar-refractivity contribution in [3.8, 4) is 0 Å². The van der Waals surface area contributed by atoms with Crippen LogP contribution in [0.1, 0.15) is 12.8 Å². The molecular weight excluding hydrogens is 170 g/mol. The van der Waals surface area contributed by atoms with Crippen LogP contribution in [0.25, 0.3) is 0 Å². The fourth-order valence-corrected chi connectivity index (χ4v) is 2.28. The van der Waals surface area contributed by atoms with E-state index in [4.69, 9.17) is 5.11 Å². The number of aliphatic hydroxyl groups is 1. The second kappa shape index (κ2) is 2.87. The lowest BCUT2D eigenvalue weighted by Gasteiger charge is -2.29. The number of aliphatic hydroxyl groups excluding tert-OH is 1. The largest absolute Gasteiger partial charge is 0.453 e. The van der Waals surface area contributed by atoms with Crippen molar-refractivity contribution in [2.45, 2.75) is 12.8 Å². The molecule has 2 fully saturated rings. The molecule has 4 nitrogen and oxygen atoms in total. The fourth-order valence-electron chi connectivity index (χ4n) is 2.28. The van der Waals surface area contributed by atoms with Crippen molar-refractivity contribution in [1.82, 2.24) is 4.90 Å². The van der Waals surface area contributed by atoms with E-state index in [2.05, 4.69) is 4.74 Å². The van der Waals surface area contributed by atoms with Gasteiger partial charge in [-0.3, -0.25) is 0 Å². The molecule has 0 radical (unpaired) electrons. The summed E-state index contributed by atoms with van der Waals surface area (Å²) < 4.78 is 4.65. The number of carbonyl (C=O) groups excluding carboxylic acids is 1. The van der Waals surface area contributed by atoms with E-state index in [1.807, 2.05) is 0 Å². The third-order valence-corrected chi connectivity index (χ3v) is 3.43. The van der Waals surface area contributed by atoms with Crippen LogP contribution < -0.4 is 0 Å². The number of likely N-dealkylation sites (tertiary alicyclic amines) is 1. The summed E-state index contributed by atoms with van der Waals surface area (Å²) in [4.78, 5) is 12.9. The Balaban J connectivity index is 1.92. The number of hydrogen-bond acceptors (Lipinski definition) is 3. The molecule has 1 heterocycles. The predicted octanol–water partition coefficient (Wildman–Crippen LogP) is 0.457. The molecule has 13 heavy (non-hydrogen) atoms. The van der Waals surface area contributed by atoms with Gasteiger partial charge in [-0.05, 0) is 18.8 Å². The average Bonchev–Trinajstić information content (AvgIpc) is 2.90. The Kier molecular flexibility index (Phi) is 1.95. The molecule has 0 aromatic heterocycles. The number of nitrogens with zero attached hydrogens (tertiary/aromatic N) is 1. The van der Waals surface area contributed by atoms with Gasteiger partial charge >= 0.3 is 6.09 Å². The fraction of sp³-hybridized carbons (Fsp3) is 0.889. The van der Waals surface area contributed by atoms with Crippen LogP contribution in [0.15, 0.2) is 0 Å². The van der Waals surface area contributed by atoms with Crippen LogP contribution in [0.2, 0.25) is 0 Å². The normalized spacial score (nSPS) is 36.8. The smallest absolute Gasteiger partial charge is 0.409 e. The summed E-state index contributed by atoms with van der Waals surface area (Å²) in [6.45, 7) is 1.75. The highest BCUT2D eigenvalue weighted by Gasteiger charge is 2.56. The third kappa shape index (κ3) is 1.29. The summed E-state index contributed by atoms with van der Waals surface area (Å²) in [7, 11) is 1.41. The highest BCUT2D eigenvalue weighted by atomic mass is 16.5. The van der Waals surface area contributed by atoms with E-state index in [9.17, 15) is 4.79 Å². The van der Waals surface area contributed by atoms with Gasteiger partial charge in [0.2, 0.25) is 0 Å². The molecule has 1 aliphatic heterocycles. The number of carbonyl (C=O) groups is 1. The molecule has 0 aromatic carbocycles. The molecule has 1 N–H and O–H groups in total. The molecule has 1 aliphatic carbocycles. The van der Waals surface area contributed by atoms with Crippen molar-refractivity contribution in [3.05, 3.63) is 0 Å². The van der Waals surface area contributed by atoms with Gasteiger partial charge in [0.25, 0.3) is 0 Å². The number of piperidine rings is 1. The summed E-state index contributed by atoms with van der Waals surface area (Å²) >= 11 is 0. The van der Waals surface area contributed by atoms with E-state index in [0.717, 1.165) is 25.9 Å². The summed E-state index contributed by atoms with van der Waals surface area (Å²) in [6, 6.07) is 0. The topological polar surface area (TPSA) is 49.8 Å². The molecule has 2 unspecified atom stereocenters. The Morgan fingerprint density at radius 1 is 1.77 bits per heavy atom. The number of rotatable bonds is 1. The van der Waals surface area contributed by atoms with Crippen LogP contribution in [-0.2, 0) is 4.74 Å². The quantitative estimate of drug-likeness (QED) is 0.645. The maximum absolute atomic E-state index is 11.2. The molecular formula is C9H15NO3. The van der Waals surface area contributed by atoms with Crippen molar-refractivity contribution in [1.29, 1.82) is 0 Å². The maximum atomic E-state index is 11.2. The summed E-state index contributed by atoms with van der Waals surface area (Å²) in [5, 5.41) is 9.14. The van der Waals surface area contributed by atoms with E-state index >= 15 is 0 Å². The van der Waals surface area contributed by atoms with Gasteiger partial charge in [0, 0.05) is 25.1 Å². The van der Waals surface area contributed by atoms with Gasteiger partial charge in [-0.1, -0.05) is 0 Å². The molecule has 2 atom stereocenters. The SMILES string of the molecule is COC(=O)N1CCC2(CO)CC2C1. The third-order valence-electron chi connectivity index (χ3n) is 3.43. The number of methoxy groups -OCH3 is 1. The summed E-state index contributed by atoms with van der Waals surface area (Å²) in [5.41, 5.74) is 0.157. The van der Waals surface area contributed by atoms with Gasteiger partial charge in [0.15, 0.2) is 0 Å². The first-order valence-corrected chi connectivity index (χ1v) is 4.65. The highest BCUT2D eigenvalue weighted by molar-refractivity contribution is 5.67. The number of ether oxygens (including phenoxy) is 1. The van der Waals surface area contributed by atoms with Crippen LogP contribution in [0.4, 0.5) is 4.79 Å². The predicted molar refractivity (Wildman–Crippen MR) is 46.2 cm³/mol. The zero-order chi connectivity index (χ0) is 9.47. The van der Waals surface area contributed by atoms with Crippen LogP contribution in [-0.4, -0.2) is 42.9 Å². The van der Waals surface area contributed by atoms with Gasteiger partial charge in [-0.15, -0.1) is 0 Å². The Morgan fingerprint density at radius 2 is 2.54 bits per heavy atom. The standard InChI is InChI=1S/C9H15NO3/c1-13-8(12)10-3-2-9(6-11)4-7(9)5-10/h7,11H,2-6H2,1H3. The zero-order valence-corrected chi connectivity index (χ0v) is 7.82. The van der Waals surface area contributed by atoms with E-state index < -0.39 is 0 Å². The van der Waals surface area contributed by atoms with Crippen LogP contribution in [0.3, 0.4) is 0 Å². The number of fused-ring (bicyclic) bond motifs is 1. The molecule has 1 saturated heterocycles. The Hall–Kier alpha value is -0.770. The average molecular weight is 185 g/mol. The van der Waals surface area contributed by atoms with Gasteiger partial charge in [-0.2, -0.15) is 0 Å². The van der Waals surface area contributed by atoms with Gasteiger partial charge in [-0.25, -0.2) is 4.79 Å². The molecule has 4 heteroatoms. The van der Waals surface area contributed by atoms with E-state index in [-0.39, 0.29) is 18.1 Å². The van der Waals surface area contributed by atoms with Gasteiger partial charge in [0.1, 0.15) is 0 Å². The first kappa shape index (κ1) is 8.81. The van der Waals surface area contributed by atoms with E-state index in [1.54, 1.807) is 4.90 Å². The second-order valence-electron chi connectivity index (χ2n) is 4.09. The molecule has 1 amide bonds. The lowest BCUT2D eigenvalue weighted by atomic mass is 9.97. The molecule has 0 bridgehead atoms. The minimum Gasteiger partial charge on any atom is -0.453 e.